The number of nitrogens with one attached hydrogen (secondary N) is 1. The molecule has 7 nitrogen and oxygen atoms in total. The Hall–Kier alpha value is -3.22. The number of rotatable bonds is 7. The van der Waals surface area contributed by atoms with Crippen LogP contribution in [-0.4, -0.2) is 39.8 Å². The Morgan fingerprint density at radius 2 is 1.72 bits per heavy atom. The molecule has 7 heteroatoms. The van der Waals surface area contributed by atoms with Crippen molar-refractivity contribution in [3.8, 4) is 17.2 Å². The average Bonchev–Trinajstić information content (AvgIpc) is 2.65. The zero-order valence-corrected chi connectivity index (χ0v) is 14.2. The van der Waals surface area contributed by atoms with Gasteiger partial charge in [-0.15, -0.1) is 0 Å². The summed E-state index contributed by atoms with van der Waals surface area (Å²) in [5, 5.41) is 2.68. The normalized spacial score (nSPS) is 9.88. The molecule has 0 aliphatic carbocycles. The topological polar surface area (TPSA) is 83.1 Å². The second-order valence-electron chi connectivity index (χ2n) is 4.89. The van der Waals surface area contributed by atoms with Crippen molar-refractivity contribution in [2.24, 2.45) is 0 Å². The van der Waals surface area contributed by atoms with E-state index in [9.17, 15) is 9.59 Å². The first-order chi connectivity index (χ1) is 12.1. The Morgan fingerprint density at radius 3 is 2.40 bits per heavy atom. The largest absolute Gasteiger partial charge is 0.497 e. The van der Waals surface area contributed by atoms with Crippen LogP contribution in [0.3, 0.4) is 0 Å². The van der Waals surface area contributed by atoms with Gasteiger partial charge in [0.25, 0.3) is 5.91 Å². The van der Waals surface area contributed by atoms with Gasteiger partial charge in [-0.25, -0.2) is 4.79 Å². The van der Waals surface area contributed by atoms with Gasteiger partial charge in [0.15, 0.2) is 6.61 Å². The van der Waals surface area contributed by atoms with Gasteiger partial charge in [0, 0.05) is 6.07 Å². The van der Waals surface area contributed by atoms with Crippen molar-refractivity contribution < 1.29 is 28.5 Å². The fourth-order valence-corrected chi connectivity index (χ4v) is 2.11. The quantitative estimate of drug-likeness (QED) is 0.777. The Balaban J connectivity index is 2.06. The molecule has 2 aromatic rings. The summed E-state index contributed by atoms with van der Waals surface area (Å²) in [6.07, 6.45) is 0. The second-order valence-corrected chi connectivity index (χ2v) is 4.89. The minimum Gasteiger partial charge on any atom is -0.497 e. The lowest BCUT2D eigenvalue weighted by Gasteiger charge is -2.13. The van der Waals surface area contributed by atoms with Crippen molar-refractivity contribution in [3.05, 3.63) is 48.0 Å². The molecule has 2 rings (SSSR count). The number of ether oxygens (including phenoxy) is 4. The molecule has 0 fully saturated rings. The van der Waals surface area contributed by atoms with Crippen LogP contribution in [0.5, 0.6) is 17.2 Å². The molecular formula is C18H19NO6. The molecule has 1 N–H and O–H groups in total. The van der Waals surface area contributed by atoms with E-state index in [2.05, 4.69) is 10.1 Å². The van der Waals surface area contributed by atoms with Crippen LogP contribution in [0.2, 0.25) is 0 Å². The summed E-state index contributed by atoms with van der Waals surface area (Å²) < 4.78 is 20.5. The van der Waals surface area contributed by atoms with Crippen molar-refractivity contribution in [1.82, 2.24) is 0 Å². The molecule has 0 aliphatic heterocycles. The zero-order valence-electron chi connectivity index (χ0n) is 14.2. The predicted octanol–water partition coefficient (Wildman–Crippen LogP) is 2.51. The fraction of sp³-hybridized carbons (Fsp3) is 0.222. The molecule has 0 heterocycles. The van der Waals surface area contributed by atoms with Gasteiger partial charge in [-0.3, -0.25) is 4.79 Å². The van der Waals surface area contributed by atoms with E-state index in [0.717, 1.165) is 0 Å². The van der Waals surface area contributed by atoms with Gasteiger partial charge in [0.2, 0.25) is 0 Å². The van der Waals surface area contributed by atoms with Crippen LogP contribution in [0.1, 0.15) is 10.4 Å². The van der Waals surface area contributed by atoms with Crippen LogP contribution in [-0.2, 0) is 9.53 Å². The number of methoxy groups -OCH3 is 3. The van der Waals surface area contributed by atoms with Crippen molar-refractivity contribution in [1.29, 1.82) is 0 Å². The SMILES string of the molecule is COC(=O)c1ccccc1OCC(=O)Nc1cc(OC)ccc1OC. The smallest absolute Gasteiger partial charge is 0.341 e. The molecule has 132 valence electrons. The van der Waals surface area contributed by atoms with Crippen LogP contribution >= 0.6 is 0 Å². The van der Waals surface area contributed by atoms with E-state index >= 15 is 0 Å². The number of para-hydroxylation sites is 1. The highest BCUT2D eigenvalue weighted by atomic mass is 16.5. The Labute approximate surface area is 145 Å². The standard InChI is InChI=1S/C18H19NO6/c1-22-12-8-9-16(23-2)14(10-12)19-17(20)11-25-15-7-5-4-6-13(15)18(21)24-3/h4-10H,11H2,1-3H3,(H,19,20). The highest BCUT2D eigenvalue weighted by molar-refractivity contribution is 5.95. The Bertz CT molecular complexity index is 759. The summed E-state index contributed by atoms with van der Waals surface area (Å²) in [6, 6.07) is 11.6. The lowest BCUT2D eigenvalue weighted by atomic mass is 10.2. The summed E-state index contributed by atoms with van der Waals surface area (Å²) in [5.41, 5.74) is 0.702. The van der Waals surface area contributed by atoms with E-state index in [1.165, 1.54) is 21.3 Å². The van der Waals surface area contributed by atoms with E-state index in [1.54, 1.807) is 42.5 Å². The number of hydrogen-bond donors (Lipinski definition) is 1. The third kappa shape index (κ3) is 4.63. The van der Waals surface area contributed by atoms with E-state index in [0.29, 0.717) is 17.2 Å². The molecule has 2 aromatic carbocycles. The monoisotopic (exact) mass is 345 g/mol. The molecule has 0 radical (unpaired) electrons. The third-order valence-electron chi connectivity index (χ3n) is 3.33. The van der Waals surface area contributed by atoms with Crippen LogP contribution in [0.4, 0.5) is 5.69 Å². The van der Waals surface area contributed by atoms with Gasteiger partial charge in [0.05, 0.1) is 27.0 Å². The molecule has 25 heavy (non-hydrogen) atoms. The minimum atomic E-state index is -0.537. The zero-order chi connectivity index (χ0) is 18.2. The maximum absolute atomic E-state index is 12.2. The first-order valence-corrected chi connectivity index (χ1v) is 7.41. The van der Waals surface area contributed by atoms with Gasteiger partial charge in [-0.05, 0) is 24.3 Å². The van der Waals surface area contributed by atoms with Gasteiger partial charge in [-0.1, -0.05) is 12.1 Å². The maximum atomic E-state index is 12.2. The van der Waals surface area contributed by atoms with Crippen molar-refractivity contribution in [2.75, 3.05) is 33.3 Å². The van der Waals surface area contributed by atoms with Crippen molar-refractivity contribution in [3.63, 3.8) is 0 Å². The molecule has 0 saturated carbocycles. The number of carbonyl (C=O) groups excluding carboxylic acids is 2. The molecule has 1 amide bonds. The first kappa shape index (κ1) is 18.1. The number of amides is 1. The summed E-state index contributed by atoms with van der Waals surface area (Å²) in [4.78, 5) is 23.8. The van der Waals surface area contributed by atoms with Crippen LogP contribution in [0, 0.1) is 0 Å². The van der Waals surface area contributed by atoms with E-state index < -0.39 is 11.9 Å². The van der Waals surface area contributed by atoms with Gasteiger partial charge in [0.1, 0.15) is 22.8 Å². The molecule has 0 saturated heterocycles. The number of anilines is 1. The molecule has 0 unspecified atom stereocenters. The fourth-order valence-electron chi connectivity index (χ4n) is 2.11. The number of carbonyl (C=O) groups is 2. The number of benzene rings is 2. The number of esters is 1. The molecule has 0 aliphatic rings. The van der Waals surface area contributed by atoms with Crippen LogP contribution < -0.4 is 19.5 Å². The van der Waals surface area contributed by atoms with Crippen LogP contribution in [0.15, 0.2) is 42.5 Å². The number of hydrogen-bond acceptors (Lipinski definition) is 6. The van der Waals surface area contributed by atoms with Crippen molar-refractivity contribution >= 4 is 17.6 Å². The summed E-state index contributed by atoms with van der Waals surface area (Å²) >= 11 is 0. The first-order valence-electron chi connectivity index (χ1n) is 7.41. The highest BCUT2D eigenvalue weighted by Gasteiger charge is 2.14. The maximum Gasteiger partial charge on any atom is 0.341 e. The van der Waals surface area contributed by atoms with Crippen molar-refractivity contribution in [2.45, 2.75) is 0 Å². The van der Waals surface area contributed by atoms with Gasteiger partial charge < -0.3 is 24.3 Å². The highest BCUT2D eigenvalue weighted by Crippen LogP contribution is 2.28. The molecule has 0 atom stereocenters. The van der Waals surface area contributed by atoms with Gasteiger partial charge in [-0.2, -0.15) is 0 Å². The predicted molar refractivity (Wildman–Crippen MR) is 91.5 cm³/mol. The summed E-state index contributed by atoms with van der Waals surface area (Å²) in [5.74, 6) is 0.385. The van der Waals surface area contributed by atoms with E-state index in [1.807, 2.05) is 0 Å². The summed E-state index contributed by atoms with van der Waals surface area (Å²) in [6.45, 7) is -0.283. The second kappa shape index (κ2) is 8.58. The minimum absolute atomic E-state index is 0.247. The van der Waals surface area contributed by atoms with Gasteiger partial charge >= 0.3 is 5.97 Å². The lowest BCUT2D eigenvalue weighted by molar-refractivity contribution is -0.118. The average molecular weight is 345 g/mol. The molecule has 0 aromatic heterocycles. The Kier molecular flexibility index (Phi) is 6.22. The Morgan fingerprint density at radius 1 is 0.960 bits per heavy atom. The lowest BCUT2D eigenvalue weighted by Crippen LogP contribution is -2.21. The van der Waals surface area contributed by atoms with E-state index in [-0.39, 0.29) is 17.9 Å². The molecular weight excluding hydrogens is 326 g/mol. The van der Waals surface area contributed by atoms with Crippen LogP contribution in [0.25, 0.3) is 0 Å². The summed E-state index contributed by atoms with van der Waals surface area (Å²) in [7, 11) is 4.31. The molecule has 0 bridgehead atoms. The third-order valence-corrected chi connectivity index (χ3v) is 3.33. The van der Waals surface area contributed by atoms with E-state index in [4.69, 9.17) is 14.2 Å². The molecule has 0 spiro atoms.